The number of hydrogen-bond acceptors (Lipinski definition) is 4. The van der Waals surface area contributed by atoms with E-state index in [4.69, 9.17) is 0 Å². The van der Waals surface area contributed by atoms with Crippen molar-refractivity contribution in [3.63, 3.8) is 0 Å². The van der Waals surface area contributed by atoms with Crippen molar-refractivity contribution >= 4 is 27.3 Å². The highest BCUT2D eigenvalue weighted by atomic mass is 32.2. The first-order valence-corrected chi connectivity index (χ1v) is 11.7. The monoisotopic (exact) mass is 406 g/mol. The first-order valence-electron chi connectivity index (χ1n) is 9.34. The third-order valence-electron chi connectivity index (χ3n) is 4.85. The Bertz CT molecular complexity index is 870. The maximum Gasteiger partial charge on any atom is 0.251 e. The molecule has 0 spiro atoms. The smallest absolute Gasteiger partial charge is 0.251 e. The minimum atomic E-state index is -3.55. The Hall–Kier alpha value is -1.70. The van der Waals surface area contributed by atoms with Gasteiger partial charge in [-0.15, -0.1) is 11.3 Å². The molecule has 3 rings (SSSR count). The van der Waals surface area contributed by atoms with E-state index in [1.165, 1.54) is 10.4 Å². The highest BCUT2D eigenvalue weighted by molar-refractivity contribution is 7.89. The number of carbonyl (C=O) groups is 1. The average molecular weight is 407 g/mol. The standard InChI is InChI=1S/C20H26N2O3S2/c1-15(2)19(18-10-7-13-26-18)21-20(23)16-8-6-9-17(14-16)27(24,25)22-11-4-3-5-12-22/h6-10,13-15,19H,3-5,11-12H2,1-2H3,(H,21,23). The minimum Gasteiger partial charge on any atom is -0.344 e. The Labute approximate surface area is 165 Å². The molecule has 0 bridgehead atoms. The van der Waals surface area contributed by atoms with Crippen LogP contribution >= 0.6 is 11.3 Å². The van der Waals surface area contributed by atoms with E-state index < -0.39 is 10.0 Å². The van der Waals surface area contributed by atoms with E-state index in [9.17, 15) is 13.2 Å². The van der Waals surface area contributed by atoms with E-state index in [-0.39, 0.29) is 22.8 Å². The summed E-state index contributed by atoms with van der Waals surface area (Å²) in [5.41, 5.74) is 0.371. The van der Waals surface area contributed by atoms with E-state index in [2.05, 4.69) is 19.2 Å². The third-order valence-corrected chi connectivity index (χ3v) is 7.70. The topological polar surface area (TPSA) is 66.5 Å². The van der Waals surface area contributed by atoms with Gasteiger partial charge >= 0.3 is 0 Å². The molecule has 0 radical (unpaired) electrons. The summed E-state index contributed by atoms with van der Waals surface area (Å²) in [6.45, 7) is 5.21. The molecule has 1 atom stereocenters. The lowest BCUT2D eigenvalue weighted by molar-refractivity contribution is 0.0926. The summed E-state index contributed by atoms with van der Waals surface area (Å²) >= 11 is 1.61. The molecule has 146 valence electrons. The number of thiophene rings is 1. The second kappa shape index (κ2) is 8.54. The molecule has 5 nitrogen and oxygen atoms in total. The average Bonchev–Trinajstić information content (AvgIpc) is 3.20. The second-order valence-electron chi connectivity index (χ2n) is 7.20. The van der Waals surface area contributed by atoms with Crippen molar-refractivity contribution < 1.29 is 13.2 Å². The van der Waals surface area contributed by atoms with Crippen LogP contribution in [0.5, 0.6) is 0 Å². The number of sulfonamides is 1. The molecule has 1 aliphatic rings. The van der Waals surface area contributed by atoms with E-state index in [0.29, 0.717) is 18.7 Å². The summed E-state index contributed by atoms with van der Waals surface area (Å²) in [4.78, 5) is 14.1. The first kappa shape index (κ1) is 20.0. The first-order chi connectivity index (χ1) is 12.9. The lowest BCUT2D eigenvalue weighted by atomic mass is 10.0. The van der Waals surface area contributed by atoms with Crippen LogP contribution in [0.3, 0.4) is 0 Å². The largest absolute Gasteiger partial charge is 0.344 e. The van der Waals surface area contributed by atoms with Crippen LogP contribution in [-0.2, 0) is 10.0 Å². The highest BCUT2D eigenvalue weighted by Crippen LogP contribution is 2.27. The van der Waals surface area contributed by atoms with Crippen molar-refractivity contribution in [2.45, 2.75) is 44.0 Å². The zero-order valence-corrected chi connectivity index (χ0v) is 17.4. The Kier molecular flexibility index (Phi) is 6.34. The van der Waals surface area contributed by atoms with E-state index in [0.717, 1.165) is 24.1 Å². The van der Waals surface area contributed by atoms with Crippen LogP contribution in [0.25, 0.3) is 0 Å². The molecule has 1 aromatic carbocycles. The third kappa shape index (κ3) is 4.59. The molecule has 1 saturated heterocycles. The number of carbonyl (C=O) groups excluding carboxylic acids is 1. The maximum absolute atomic E-state index is 12.9. The molecule has 1 N–H and O–H groups in total. The lowest BCUT2D eigenvalue weighted by Gasteiger charge is -2.26. The van der Waals surface area contributed by atoms with Gasteiger partial charge in [0.05, 0.1) is 10.9 Å². The maximum atomic E-state index is 12.9. The zero-order valence-electron chi connectivity index (χ0n) is 15.7. The van der Waals surface area contributed by atoms with Gasteiger partial charge in [-0.25, -0.2) is 8.42 Å². The van der Waals surface area contributed by atoms with Crippen molar-refractivity contribution in [3.05, 3.63) is 52.2 Å². The van der Waals surface area contributed by atoms with E-state index in [1.807, 2.05) is 17.5 Å². The Morgan fingerprint density at radius 3 is 2.48 bits per heavy atom. The van der Waals surface area contributed by atoms with Gasteiger partial charge in [-0.05, 0) is 48.4 Å². The van der Waals surface area contributed by atoms with Gasteiger partial charge in [0, 0.05) is 23.5 Å². The van der Waals surface area contributed by atoms with Gasteiger partial charge in [0.2, 0.25) is 10.0 Å². The number of amides is 1. The normalized spacial score (nSPS) is 17.0. The predicted octanol–water partition coefficient (Wildman–Crippen LogP) is 4.05. The molecular weight excluding hydrogens is 380 g/mol. The summed E-state index contributed by atoms with van der Waals surface area (Å²) in [7, 11) is -3.55. The van der Waals surface area contributed by atoms with Crippen LogP contribution in [0.15, 0.2) is 46.7 Å². The summed E-state index contributed by atoms with van der Waals surface area (Å²) in [5, 5.41) is 5.05. The quantitative estimate of drug-likeness (QED) is 0.787. The predicted molar refractivity (Wildman–Crippen MR) is 108 cm³/mol. The Morgan fingerprint density at radius 2 is 1.85 bits per heavy atom. The molecule has 1 unspecified atom stereocenters. The van der Waals surface area contributed by atoms with Crippen LogP contribution < -0.4 is 5.32 Å². The summed E-state index contributed by atoms with van der Waals surface area (Å²) in [5.74, 6) is -0.0225. The van der Waals surface area contributed by atoms with Crippen molar-refractivity contribution in [3.8, 4) is 0 Å². The number of rotatable bonds is 6. The SMILES string of the molecule is CC(C)C(NC(=O)c1cccc(S(=O)(=O)N2CCCCC2)c1)c1cccs1. The summed E-state index contributed by atoms with van der Waals surface area (Å²) in [6.07, 6.45) is 2.83. The molecule has 0 saturated carbocycles. The molecule has 7 heteroatoms. The van der Waals surface area contributed by atoms with Crippen LogP contribution in [0.4, 0.5) is 0 Å². The van der Waals surface area contributed by atoms with Gasteiger partial charge in [-0.3, -0.25) is 4.79 Å². The molecule has 1 fully saturated rings. The Morgan fingerprint density at radius 1 is 1.11 bits per heavy atom. The van der Waals surface area contributed by atoms with Crippen LogP contribution in [0.1, 0.15) is 54.4 Å². The van der Waals surface area contributed by atoms with Crippen molar-refractivity contribution in [2.24, 2.45) is 5.92 Å². The number of hydrogen-bond donors (Lipinski definition) is 1. The van der Waals surface area contributed by atoms with Crippen LogP contribution in [0, 0.1) is 5.92 Å². The van der Waals surface area contributed by atoms with Gasteiger partial charge in [-0.1, -0.05) is 32.4 Å². The lowest BCUT2D eigenvalue weighted by Crippen LogP contribution is -2.36. The van der Waals surface area contributed by atoms with Crippen molar-refractivity contribution in [1.82, 2.24) is 9.62 Å². The molecule has 2 heterocycles. The fraction of sp³-hybridized carbons (Fsp3) is 0.450. The van der Waals surface area contributed by atoms with Gasteiger partial charge < -0.3 is 5.32 Å². The fourth-order valence-corrected chi connectivity index (χ4v) is 5.82. The fourth-order valence-electron chi connectivity index (χ4n) is 3.31. The summed E-state index contributed by atoms with van der Waals surface area (Å²) in [6, 6.07) is 10.2. The number of nitrogens with zero attached hydrogens (tertiary/aromatic N) is 1. The zero-order chi connectivity index (χ0) is 19.4. The van der Waals surface area contributed by atoms with Gasteiger partial charge in [-0.2, -0.15) is 4.31 Å². The molecule has 1 aromatic heterocycles. The number of nitrogens with one attached hydrogen (secondary N) is 1. The molecule has 0 aliphatic carbocycles. The van der Waals surface area contributed by atoms with E-state index in [1.54, 1.807) is 29.5 Å². The van der Waals surface area contributed by atoms with Crippen molar-refractivity contribution in [2.75, 3.05) is 13.1 Å². The van der Waals surface area contributed by atoms with Gasteiger partial charge in [0.15, 0.2) is 0 Å². The number of piperidine rings is 1. The Balaban J connectivity index is 1.81. The molecule has 27 heavy (non-hydrogen) atoms. The van der Waals surface area contributed by atoms with Gasteiger partial charge in [0.1, 0.15) is 0 Å². The second-order valence-corrected chi connectivity index (χ2v) is 10.1. The number of benzene rings is 1. The molecular formula is C20H26N2O3S2. The van der Waals surface area contributed by atoms with Crippen molar-refractivity contribution in [1.29, 1.82) is 0 Å². The minimum absolute atomic E-state index is 0.0974. The molecule has 1 aliphatic heterocycles. The molecule has 1 amide bonds. The molecule has 2 aromatic rings. The van der Waals surface area contributed by atoms with Crippen LogP contribution in [0.2, 0.25) is 0 Å². The highest BCUT2D eigenvalue weighted by Gasteiger charge is 2.27. The summed E-state index contributed by atoms with van der Waals surface area (Å²) < 4.78 is 27.3. The van der Waals surface area contributed by atoms with Crippen LogP contribution in [-0.4, -0.2) is 31.7 Å². The van der Waals surface area contributed by atoms with E-state index >= 15 is 0 Å². The van der Waals surface area contributed by atoms with Gasteiger partial charge in [0.25, 0.3) is 5.91 Å².